The first kappa shape index (κ1) is 8.68. The van der Waals surface area contributed by atoms with Gasteiger partial charge in [0.2, 0.25) is 0 Å². The van der Waals surface area contributed by atoms with Gasteiger partial charge in [-0.25, -0.2) is 0 Å². The van der Waals surface area contributed by atoms with Crippen LogP contribution >= 0.6 is 0 Å². The van der Waals surface area contributed by atoms with Crippen LogP contribution in [0.3, 0.4) is 0 Å². The summed E-state index contributed by atoms with van der Waals surface area (Å²) in [5, 5.41) is 1.10. The molecule has 3 rings (SSSR count). The molecule has 3 heteroatoms. The average Bonchev–Trinajstić information content (AvgIpc) is 3.10. The van der Waals surface area contributed by atoms with Crippen LogP contribution in [0.5, 0.6) is 5.75 Å². The van der Waals surface area contributed by atoms with E-state index in [1.165, 1.54) is 0 Å². The Morgan fingerprint density at radius 3 is 3.07 bits per heavy atom. The molecule has 0 N–H and O–H groups in total. The van der Waals surface area contributed by atoms with Gasteiger partial charge in [-0.05, 0) is 12.1 Å². The van der Waals surface area contributed by atoms with Gasteiger partial charge in [0.15, 0.2) is 0 Å². The topological polar surface area (TPSA) is 34.6 Å². The van der Waals surface area contributed by atoms with Gasteiger partial charge in [0.05, 0.1) is 6.61 Å². The minimum Gasteiger partial charge on any atom is -0.488 e. The van der Waals surface area contributed by atoms with Crippen molar-refractivity contribution in [3.63, 3.8) is 0 Å². The van der Waals surface area contributed by atoms with Crippen LogP contribution in [0.4, 0.5) is 0 Å². The standard InChI is InChI=1S/C12H11NO2/c1-3-9-4-2-6-13-12(9)11(5-1)15-8-10-7-14-10/h1-6,10H,7-8H2. The molecule has 1 aromatic carbocycles. The summed E-state index contributed by atoms with van der Waals surface area (Å²) < 4.78 is 10.8. The third-order valence-corrected chi connectivity index (χ3v) is 2.42. The molecule has 2 aromatic rings. The van der Waals surface area contributed by atoms with Crippen molar-refractivity contribution in [2.75, 3.05) is 13.2 Å². The van der Waals surface area contributed by atoms with E-state index in [0.717, 1.165) is 23.3 Å². The number of benzene rings is 1. The number of hydrogen-bond donors (Lipinski definition) is 0. The van der Waals surface area contributed by atoms with Gasteiger partial charge in [0.1, 0.15) is 24.0 Å². The lowest BCUT2D eigenvalue weighted by molar-refractivity contribution is 0.265. The van der Waals surface area contributed by atoms with Crippen LogP contribution in [0, 0.1) is 0 Å². The Morgan fingerprint density at radius 1 is 1.33 bits per heavy atom. The summed E-state index contributed by atoms with van der Waals surface area (Å²) >= 11 is 0. The highest BCUT2D eigenvalue weighted by atomic mass is 16.6. The highest BCUT2D eigenvalue weighted by Gasteiger charge is 2.23. The second-order valence-corrected chi connectivity index (χ2v) is 3.60. The van der Waals surface area contributed by atoms with E-state index in [4.69, 9.17) is 9.47 Å². The van der Waals surface area contributed by atoms with Crippen molar-refractivity contribution < 1.29 is 9.47 Å². The van der Waals surface area contributed by atoms with E-state index in [1.807, 2.05) is 30.3 Å². The molecule has 0 amide bonds. The van der Waals surface area contributed by atoms with Crippen molar-refractivity contribution in [2.24, 2.45) is 0 Å². The molecule has 0 saturated carbocycles. The number of nitrogens with zero attached hydrogens (tertiary/aromatic N) is 1. The summed E-state index contributed by atoms with van der Waals surface area (Å²) in [6.45, 7) is 1.44. The third kappa shape index (κ3) is 1.78. The molecule has 2 heterocycles. The number of aromatic nitrogens is 1. The molecule has 15 heavy (non-hydrogen) atoms. The van der Waals surface area contributed by atoms with Gasteiger partial charge in [-0.2, -0.15) is 0 Å². The first-order valence-electron chi connectivity index (χ1n) is 5.01. The summed E-state index contributed by atoms with van der Waals surface area (Å²) in [4.78, 5) is 4.31. The van der Waals surface area contributed by atoms with Crippen LogP contribution in [0.25, 0.3) is 10.9 Å². The molecule has 1 saturated heterocycles. The molecule has 1 atom stereocenters. The summed E-state index contributed by atoms with van der Waals surface area (Å²) in [6, 6.07) is 9.91. The minimum absolute atomic E-state index is 0.281. The highest BCUT2D eigenvalue weighted by molar-refractivity contribution is 5.84. The van der Waals surface area contributed by atoms with Gasteiger partial charge >= 0.3 is 0 Å². The predicted molar refractivity (Wildman–Crippen MR) is 57.0 cm³/mol. The fourth-order valence-electron chi connectivity index (χ4n) is 1.54. The van der Waals surface area contributed by atoms with Gasteiger partial charge in [-0.15, -0.1) is 0 Å². The van der Waals surface area contributed by atoms with E-state index in [2.05, 4.69) is 4.98 Å². The summed E-state index contributed by atoms with van der Waals surface area (Å²) in [7, 11) is 0. The summed E-state index contributed by atoms with van der Waals surface area (Å²) in [6.07, 6.45) is 2.06. The van der Waals surface area contributed by atoms with Crippen molar-refractivity contribution >= 4 is 10.9 Å². The smallest absolute Gasteiger partial charge is 0.145 e. The van der Waals surface area contributed by atoms with Gasteiger partial charge < -0.3 is 9.47 Å². The average molecular weight is 201 g/mol. The van der Waals surface area contributed by atoms with E-state index in [1.54, 1.807) is 6.20 Å². The fourth-order valence-corrected chi connectivity index (χ4v) is 1.54. The van der Waals surface area contributed by atoms with Gasteiger partial charge in [0.25, 0.3) is 0 Å². The number of ether oxygens (including phenoxy) is 2. The lowest BCUT2D eigenvalue weighted by Crippen LogP contribution is -2.04. The van der Waals surface area contributed by atoms with Gasteiger partial charge in [-0.1, -0.05) is 18.2 Å². The molecule has 0 aliphatic carbocycles. The van der Waals surface area contributed by atoms with Crippen LogP contribution in [-0.4, -0.2) is 24.3 Å². The van der Waals surface area contributed by atoms with Crippen molar-refractivity contribution in [2.45, 2.75) is 6.10 Å². The molecule has 1 aliphatic rings. The maximum Gasteiger partial charge on any atom is 0.145 e. The Balaban J connectivity index is 1.93. The molecule has 1 aliphatic heterocycles. The number of hydrogen-bond acceptors (Lipinski definition) is 3. The zero-order valence-corrected chi connectivity index (χ0v) is 8.22. The Morgan fingerprint density at radius 2 is 2.20 bits per heavy atom. The number of fused-ring (bicyclic) bond motifs is 1. The van der Waals surface area contributed by atoms with Crippen molar-refractivity contribution in [3.8, 4) is 5.75 Å². The van der Waals surface area contributed by atoms with Crippen LogP contribution in [0.15, 0.2) is 36.5 Å². The molecule has 1 fully saturated rings. The second-order valence-electron chi connectivity index (χ2n) is 3.60. The Kier molecular flexibility index (Phi) is 2.03. The second kappa shape index (κ2) is 3.51. The highest BCUT2D eigenvalue weighted by Crippen LogP contribution is 2.23. The number of pyridine rings is 1. The lowest BCUT2D eigenvalue weighted by atomic mass is 10.2. The monoisotopic (exact) mass is 201 g/mol. The Labute approximate surface area is 87.6 Å². The number of para-hydroxylation sites is 1. The van der Waals surface area contributed by atoms with E-state index < -0.39 is 0 Å². The molecule has 76 valence electrons. The summed E-state index contributed by atoms with van der Waals surface area (Å²) in [5.74, 6) is 0.837. The van der Waals surface area contributed by atoms with E-state index in [9.17, 15) is 0 Å². The van der Waals surface area contributed by atoms with Gasteiger partial charge in [-0.3, -0.25) is 4.98 Å². The largest absolute Gasteiger partial charge is 0.488 e. The number of epoxide rings is 1. The van der Waals surface area contributed by atoms with Crippen molar-refractivity contribution in [1.82, 2.24) is 4.98 Å². The molecular weight excluding hydrogens is 190 g/mol. The van der Waals surface area contributed by atoms with Crippen LogP contribution in [-0.2, 0) is 4.74 Å². The molecular formula is C12H11NO2. The molecule has 3 nitrogen and oxygen atoms in total. The zero-order chi connectivity index (χ0) is 10.1. The maximum absolute atomic E-state index is 5.66. The van der Waals surface area contributed by atoms with E-state index in [0.29, 0.717) is 6.61 Å². The number of rotatable bonds is 3. The van der Waals surface area contributed by atoms with Crippen molar-refractivity contribution in [3.05, 3.63) is 36.5 Å². The minimum atomic E-state index is 0.281. The first-order valence-corrected chi connectivity index (χ1v) is 5.01. The fraction of sp³-hybridized carbons (Fsp3) is 0.250. The Bertz CT molecular complexity index is 475. The predicted octanol–water partition coefficient (Wildman–Crippen LogP) is 2.01. The molecule has 0 radical (unpaired) electrons. The van der Waals surface area contributed by atoms with Crippen molar-refractivity contribution in [1.29, 1.82) is 0 Å². The summed E-state index contributed by atoms with van der Waals surface area (Å²) in [5.41, 5.74) is 0.917. The van der Waals surface area contributed by atoms with Crippen LogP contribution in [0.2, 0.25) is 0 Å². The Hall–Kier alpha value is -1.61. The van der Waals surface area contributed by atoms with Crippen LogP contribution in [0.1, 0.15) is 0 Å². The third-order valence-electron chi connectivity index (χ3n) is 2.42. The molecule has 1 unspecified atom stereocenters. The lowest BCUT2D eigenvalue weighted by Gasteiger charge is -2.06. The normalized spacial score (nSPS) is 19.1. The zero-order valence-electron chi connectivity index (χ0n) is 8.22. The SMILES string of the molecule is c1cnc2c(OCC3CO3)cccc2c1. The maximum atomic E-state index is 5.66. The quantitative estimate of drug-likeness (QED) is 0.712. The van der Waals surface area contributed by atoms with Gasteiger partial charge in [0, 0.05) is 11.6 Å². The van der Waals surface area contributed by atoms with E-state index >= 15 is 0 Å². The van der Waals surface area contributed by atoms with Crippen LogP contribution < -0.4 is 4.74 Å². The molecule has 0 spiro atoms. The van der Waals surface area contributed by atoms with E-state index in [-0.39, 0.29) is 6.10 Å². The first-order chi connectivity index (χ1) is 7.43. The molecule has 1 aromatic heterocycles. The molecule has 0 bridgehead atoms.